The lowest BCUT2D eigenvalue weighted by atomic mass is 10.2. The number of rotatable bonds is 4. The smallest absolute Gasteiger partial charge is 0.189 e. The molecule has 1 heterocycles. The molecule has 1 aromatic heterocycles. The lowest BCUT2D eigenvalue weighted by molar-refractivity contribution is 0.631. The van der Waals surface area contributed by atoms with E-state index in [1.807, 2.05) is 19.2 Å². The standard InChI is InChI=1S/C14H17FN4S/c1-9(2)18-14(16)17-7-13-19-12(8-20-13)10-5-3-4-6-11(10)15/h3-6,8-9H,7H2,1-2H3,(H3,16,17,18). The number of thiazole rings is 1. The molecule has 20 heavy (non-hydrogen) atoms. The Balaban J connectivity index is 2.08. The number of guanidine groups is 1. The highest BCUT2D eigenvalue weighted by Crippen LogP contribution is 2.24. The van der Waals surface area contributed by atoms with Crippen molar-refractivity contribution in [3.05, 3.63) is 40.5 Å². The van der Waals surface area contributed by atoms with Gasteiger partial charge in [-0.1, -0.05) is 12.1 Å². The Hall–Kier alpha value is -1.95. The van der Waals surface area contributed by atoms with E-state index in [9.17, 15) is 4.39 Å². The third-order valence-electron chi connectivity index (χ3n) is 2.52. The second kappa shape index (κ2) is 6.47. The number of nitrogens with two attached hydrogens (primary N) is 1. The zero-order valence-electron chi connectivity index (χ0n) is 11.4. The first kappa shape index (κ1) is 14.5. The van der Waals surface area contributed by atoms with Crippen LogP contribution in [0.1, 0.15) is 18.9 Å². The number of hydrogen-bond donors (Lipinski definition) is 2. The van der Waals surface area contributed by atoms with Crippen molar-refractivity contribution in [3.63, 3.8) is 0 Å². The average molecular weight is 292 g/mol. The van der Waals surface area contributed by atoms with Gasteiger partial charge in [-0.3, -0.25) is 0 Å². The molecule has 4 nitrogen and oxygen atoms in total. The van der Waals surface area contributed by atoms with Crippen LogP contribution in [0.4, 0.5) is 4.39 Å². The van der Waals surface area contributed by atoms with E-state index >= 15 is 0 Å². The summed E-state index contributed by atoms with van der Waals surface area (Å²) >= 11 is 1.45. The molecule has 1 aromatic carbocycles. The quantitative estimate of drug-likeness (QED) is 0.673. The van der Waals surface area contributed by atoms with E-state index in [4.69, 9.17) is 5.73 Å². The zero-order valence-corrected chi connectivity index (χ0v) is 12.2. The van der Waals surface area contributed by atoms with Gasteiger partial charge in [0.2, 0.25) is 0 Å². The van der Waals surface area contributed by atoms with Crippen LogP contribution in [0.3, 0.4) is 0 Å². The normalized spacial score (nSPS) is 11.9. The van der Waals surface area contributed by atoms with Crippen LogP contribution >= 0.6 is 11.3 Å². The molecule has 0 amide bonds. The highest BCUT2D eigenvalue weighted by Gasteiger charge is 2.08. The molecule has 0 aliphatic heterocycles. The molecule has 0 bridgehead atoms. The Morgan fingerprint density at radius 3 is 2.90 bits per heavy atom. The number of aliphatic imine (C=N–C) groups is 1. The van der Waals surface area contributed by atoms with Crippen molar-refractivity contribution < 1.29 is 4.39 Å². The lowest BCUT2D eigenvalue weighted by Gasteiger charge is -2.07. The average Bonchev–Trinajstić information content (AvgIpc) is 2.85. The van der Waals surface area contributed by atoms with E-state index in [1.165, 1.54) is 17.4 Å². The Kier molecular flexibility index (Phi) is 4.68. The fraction of sp³-hybridized carbons (Fsp3) is 0.286. The Morgan fingerprint density at radius 1 is 1.45 bits per heavy atom. The number of halogens is 1. The zero-order chi connectivity index (χ0) is 14.5. The molecule has 0 spiro atoms. The van der Waals surface area contributed by atoms with Gasteiger partial charge in [-0.25, -0.2) is 14.4 Å². The van der Waals surface area contributed by atoms with E-state index in [0.29, 0.717) is 23.8 Å². The summed E-state index contributed by atoms with van der Waals surface area (Å²) in [4.78, 5) is 8.58. The van der Waals surface area contributed by atoms with Crippen LogP contribution in [-0.4, -0.2) is 17.0 Å². The SMILES string of the molecule is CC(C)NC(N)=NCc1nc(-c2ccccc2F)cs1. The summed E-state index contributed by atoms with van der Waals surface area (Å²) in [6, 6.07) is 6.84. The van der Waals surface area contributed by atoms with Crippen LogP contribution in [0.2, 0.25) is 0 Å². The summed E-state index contributed by atoms with van der Waals surface area (Å²) in [6.45, 7) is 4.37. The van der Waals surface area contributed by atoms with E-state index in [1.54, 1.807) is 18.2 Å². The molecule has 2 rings (SSSR count). The number of nitrogens with zero attached hydrogens (tertiary/aromatic N) is 2. The van der Waals surface area contributed by atoms with Crippen molar-refractivity contribution in [2.75, 3.05) is 0 Å². The maximum absolute atomic E-state index is 13.6. The van der Waals surface area contributed by atoms with Crippen molar-refractivity contribution in [2.24, 2.45) is 10.7 Å². The number of aromatic nitrogens is 1. The van der Waals surface area contributed by atoms with Gasteiger partial charge in [0.1, 0.15) is 10.8 Å². The summed E-state index contributed by atoms with van der Waals surface area (Å²) < 4.78 is 13.6. The third kappa shape index (κ3) is 3.77. The molecular weight excluding hydrogens is 275 g/mol. The molecule has 0 saturated carbocycles. The topological polar surface area (TPSA) is 63.3 Å². The minimum absolute atomic E-state index is 0.240. The Bertz CT molecular complexity index is 607. The van der Waals surface area contributed by atoms with Crippen LogP contribution in [0, 0.1) is 5.82 Å². The van der Waals surface area contributed by atoms with Gasteiger partial charge in [0.05, 0.1) is 12.2 Å². The molecule has 6 heteroatoms. The maximum Gasteiger partial charge on any atom is 0.189 e. The predicted octanol–water partition coefficient (Wildman–Crippen LogP) is 2.76. The summed E-state index contributed by atoms with van der Waals surface area (Å²) in [5.41, 5.74) is 6.86. The summed E-state index contributed by atoms with van der Waals surface area (Å²) in [7, 11) is 0. The third-order valence-corrected chi connectivity index (χ3v) is 3.36. The Morgan fingerprint density at radius 2 is 2.20 bits per heavy atom. The predicted molar refractivity (Wildman–Crippen MR) is 81.1 cm³/mol. The first-order valence-corrected chi connectivity index (χ1v) is 7.20. The number of hydrogen-bond acceptors (Lipinski definition) is 3. The lowest BCUT2D eigenvalue weighted by Crippen LogP contribution is -2.36. The monoisotopic (exact) mass is 292 g/mol. The van der Waals surface area contributed by atoms with E-state index in [-0.39, 0.29) is 11.9 Å². The van der Waals surface area contributed by atoms with Crippen molar-refractivity contribution in [2.45, 2.75) is 26.4 Å². The number of nitrogens with one attached hydrogen (secondary N) is 1. The van der Waals surface area contributed by atoms with E-state index < -0.39 is 0 Å². The van der Waals surface area contributed by atoms with Gasteiger partial charge in [-0.05, 0) is 26.0 Å². The molecule has 0 fully saturated rings. The summed E-state index contributed by atoms with van der Waals surface area (Å²) in [6.07, 6.45) is 0. The van der Waals surface area contributed by atoms with Gasteiger partial charge in [0, 0.05) is 17.0 Å². The molecule has 0 aliphatic rings. The van der Waals surface area contributed by atoms with Crippen molar-refractivity contribution >= 4 is 17.3 Å². The highest BCUT2D eigenvalue weighted by atomic mass is 32.1. The minimum atomic E-state index is -0.270. The minimum Gasteiger partial charge on any atom is -0.370 e. The van der Waals surface area contributed by atoms with Crippen LogP contribution in [0.25, 0.3) is 11.3 Å². The van der Waals surface area contributed by atoms with Crippen molar-refractivity contribution in [3.8, 4) is 11.3 Å². The van der Waals surface area contributed by atoms with Crippen molar-refractivity contribution in [1.29, 1.82) is 0 Å². The molecule has 2 aromatic rings. The first-order chi connectivity index (χ1) is 9.56. The largest absolute Gasteiger partial charge is 0.370 e. The van der Waals surface area contributed by atoms with Crippen molar-refractivity contribution in [1.82, 2.24) is 10.3 Å². The molecule has 0 aliphatic carbocycles. The van der Waals surface area contributed by atoms with Crippen LogP contribution in [0.15, 0.2) is 34.6 Å². The van der Waals surface area contributed by atoms with Gasteiger partial charge in [0.25, 0.3) is 0 Å². The van der Waals surface area contributed by atoms with E-state index in [0.717, 1.165) is 5.01 Å². The maximum atomic E-state index is 13.6. The molecule has 0 radical (unpaired) electrons. The second-order valence-corrected chi connectivity index (χ2v) is 5.55. The molecule has 0 atom stereocenters. The summed E-state index contributed by atoms with van der Waals surface area (Å²) in [5, 5.41) is 5.64. The van der Waals surface area contributed by atoms with Crippen LogP contribution in [0.5, 0.6) is 0 Å². The van der Waals surface area contributed by atoms with Gasteiger partial charge >= 0.3 is 0 Å². The summed E-state index contributed by atoms with van der Waals surface area (Å²) in [5.74, 6) is 0.122. The highest BCUT2D eigenvalue weighted by molar-refractivity contribution is 7.09. The van der Waals surface area contributed by atoms with Gasteiger partial charge in [0.15, 0.2) is 5.96 Å². The van der Waals surface area contributed by atoms with Gasteiger partial charge < -0.3 is 11.1 Å². The molecule has 0 unspecified atom stereocenters. The molecular formula is C14H17FN4S. The number of benzene rings is 1. The Labute approximate surface area is 121 Å². The van der Waals surface area contributed by atoms with Gasteiger partial charge in [-0.2, -0.15) is 0 Å². The second-order valence-electron chi connectivity index (χ2n) is 4.61. The fourth-order valence-electron chi connectivity index (χ4n) is 1.67. The molecule has 3 N–H and O–H groups in total. The first-order valence-electron chi connectivity index (χ1n) is 6.32. The van der Waals surface area contributed by atoms with Crippen LogP contribution in [-0.2, 0) is 6.54 Å². The van der Waals surface area contributed by atoms with Gasteiger partial charge in [-0.15, -0.1) is 11.3 Å². The molecule has 0 saturated heterocycles. The fourth-order valence-corrected chi connectivity index (χ4v) is 2.39. The van der Waals surface area contributed by atoms with E-state index in [2.05, 4.69) is 15.3 Å². The molecule has 106 valence electrons. The van der Waals surface area contributed by atoms with Crippen LogP contribution < -0.4 is 11.1 Å².